The Bertz CT molecular complexity index is 320. The number of carbonyl (C=O) groups is 1. The standard InChI is InChI=1S/C14H22N2O/c17-14(13-4-2-1-3-5-13)16-11-8-12-6-9-15-10-7-12/h1-2,6,13,15H,3-5,7-11H2,(H,16,17). The highest BCUT2D eigenvalue weighted by molar-refractivity contribution is 5.78. The fourth-order valence-electron chi connectivity index (χ4n) is 2.42. The van der Waals surface area contributed by atoms with Crippen LogP contribution in [0.15, 0.2) is 23.8 Å². The number of nitrogens with one attached hydrogen (secondary N) is 2. The van der Waals surface area contributed by atoms with E-state index in [0.29, 0.717) is 0 Å². The van der Waals surface area contributed by atoms with Crippen LogP contribution in [-0.2, 0) is 4.79 Å². The summed E-state index contributed by atoms with van der Waals surface area (Å²) in [6.07, 6.45) is 11.7. The van der Waals surface area contributed by atoms with Crippen molar-refractivity contribution in [3.63, 3.8) is 0 Å². The van der Waals surface area contributed by atoms with Crippen LogP contribution < -0.4 is 10.6 Å². The second-order valence-electron chi connectivity index (χ2n) is 4.84. The Kier molecular flexibility index (Phi) is 4.80. The van der Waals surface area contributed by atoms with Gasteiger partial charge in [-0.15, -0.1) is 0 Å². The third-order valence-electron chi connectivity index (χ3n) is 3.54. The molecule has 0 spiro atoms. The first-order valence-electron chi connectivity index (χ1n) is 6.67. The molecule has 0 radical (unpaired) electrons. The number of allylic oxidation sites excluding steroid dienone is 2. The minimum Gasteiger partial charge on any atom is -0.356 e. The minimum atomic E-state index is 0.210. The summed E-state index contributed by atoms with van der Waals surface area (Å²) in [7, 11) is 0. The normalized spacial score (nSPS) is 24.2. The maximum absolute atomic E-state index is 11.9. The second-order valence-corrected chi connectivity index (χ2v) is 4.84. The lowest BCUT2D eigenvalue weighted by Crippen LogP contribution is -2.32. The second kappa shape index (κ2) is 6.60. The van der Waals surface area contributed by atoms with Crippen molar-refractivity contribution in [1.29, 1.82) is 0 Å². The molecule has 0 aromatic heterocycles. The summed E-state index contributed by atoms with van der Waals surface area (Å²) in [5.74, 6) is 0.450. The van der Waals surface area contributed by atoms with Gasteiger partial charge in [-0.2, -0.15) is 0 Å². The molecule has 2 rings (SSSR count). The molecule has 3 heteroatoms. The molecule has 3 nitrogen and oxygen atoms in total. The molecule has 1 heterocycles. The van der Waals surface area contributed by atoms with Gasteiger partial charge in [-0.1, -0.05) is 23.8 Å². The number of amides is 1. The zero-order valence-electron chi connectivity index (χ0n) is 10.4. The van der Waals surface area contributed by atoms with Gasteiger partial charge < -0.3 is 10.6 Å². The molecule has 2 N–H and O–H groups in total. The van der Waals surface area contributed by atoms with Crippen LogP contribution in [0.4, 0.5) is 0 Å². The molecular formula is C14H22N2O. The van der Waals surface area contributed by atoms with Gasteiger partial charge in [-0.3, -0.25) is 4.79 Å². The molecule has 1 amide bonds. The quantitative estimate of drug-likeness (QED) is 0.728. The van der Waals surface area contributed by atoms with E-state index in [9.17, 15) is 4.79 Å². The molecule has 0 fully saturated rings. The van der Waals surface area contributed by atoms with E-state index in [1.54, 1.807) is 0 Å². The number of hydrogen-bond donors (Lipinski definition) is 2. The molecule has 94 valence electrons. The molecule has 0 aromatic rings. The summed E-state index contributed by atoms with van der Waals surface area (Å²) >= 11 is 0. The predicted octanol–water partition coefficient (Wildman–Crippen LogP) is 1.77. The molecule has 1 aliphatic heterocycles. The monoisotopic (exact) mass is 234 g/mol. The van der Waals surface area contributed by atoms with Crippen LogP contribution in [-0.4, -0.2) is 25.5 Å². The maximum atomic E-state index is 11.9. The van der Waals surface area contributed by atoms with Crippen molar-refractivity contribution in [2.24, 2.45) is 5.92 Å². The van der Waals surface area contributed by atoms with Crippen LogP contribution in [0.1, 0.15) is 32.1 Å². The van der Waals surface area contributed by atoms with Crippen molar-refractivity contribution in [2.75, 3.05) is 19.6 Å². The van der Waals surface area contributed by atoms with Gasteiger partial charge in [0.25, 0.3) is 0 Å². The van der Waals surface area contributed by atoms with Crippen molar-refractivity contribution >= 4 is 5.91 Å². The van der Waals surface area contributed by atoms with Gasteiger partial charge in [0.1, 0.15) is 0 Å². The third kappa shape index (κ3) is 4.00. The summed E-state index contributed by atoms with van der Waals surface area (Å²) in [6, 6.07) is 0. The molecule has 1 unspecified atom stereocenters. The Balaban J connectivity index is 1.65. The van der Waals surface area contributed by atoms with E-state index in [1.807, 2.05) is 0 Å². The molecule has 0 aromatic carbocycles. The van der Waals surface area contributed by atoms with Crippen LogP contribution in [0, 0.1) is 5.92 Å². The summed E-state index contributed by atoms with van der Waals surface area (Å²) in [4.78, 5) is 11.9. The predicted molar refractivity (Wildman–Crippen MR) is 69.7 cm³/mol. The van der Waals surface area contributed by atoms with Gasteiger partial charge >= 0.3 is 0 Å². The molecule has 0 saturated heterocycles. The number of carbonyl (C=O) groups excluding carboxylic acids is 1. The average Bonchev–Trinajstić information content (AvgIpc) is 2.41. The first kappa shape index (κ1) is 12.4. The van der Waals surface area contributed by atoms with E-state index < -0.39 is 0 Å². The largest absolute Gasteiger partial charge is 0.356 e. The van der Waals surface area contributed by atoms with Gasteiger partial charge in [0.2, 0.25) is 5.91 Å². The average molecular weight is 234 g/mol. The Morgan fingerprint density at radius 3 is 3.12 bits per heavy atom. The fourth-order valence-corrected chi connectivity index (χ4v) is 2.42. The van der Waals surface area contributed by atoms with Crippen LogP contribution in [0.3, 0.4) is 0 Å². The fraction of sp³-hybridized carbons (Fsp3) is 0.643. The highest BCUT2D eigenvalue weighted by atomic mass is 16.1. The third-order valence-corrected chi connectivity index (χ3v) is 3.54. The molecule has 17 heavy (non-hydrogen) atoms. The summed E-state index contributed by atoms with van der Waals surface area (Å²) in [5, 5.41) is 6.36. The SMILES string of the molecule is O=C(NCCC1=CCNCC1)C1CC=CCC1. The van der Waals surface area contributed by atoms with Gasteiger partial charge in [-0.25, -0.2) is 0 Å². The van der Waals surface area contributed by atoms with Crippen LogP contribution >= 0.6 is 0 Å². The van der Waals surface area contributed by atoms with Crippen molar-refractivity contribution in [3.05, 3.63) is 23.8 Å². The maximum Gasteiger partial charge on any atom is 0.223 e. The summed E-state index contributed by atoms with van der Waals surface area (Å²) < 4.78 is 0. The number of hydrogen-bond acceptors (Lipinski definition) is 2. The zero-order chi connectivity index (χ0) is 11.9. The Labute approximate surface area is 103 Å². The van der Waals surface area contributed by atoms with Crippen molar-refractivity contribution in [1.82, 2.24) is 10.6 Å². The van der Waals surface area contributed by atoms with E-state index in [1.165, 1.54) is 5.57 Å². The van der Waals surface area contributed by atoms with Crippen LogP contribution in [0.2, 0.25) is 0 Å². The molecular weight excluding hydrogens is 212 g/mol. The molecule has 0 saturated carbocycles. The lowest BCUT2D eigenvalue weighted by Gasteiger charge is -2.18. The lowest BCUT2D eigenvalue weighted by atomic mass is 9.93. The first-order chi connectivity index (χ1) is 8.36. The van der Waals surface area contributed by atoms with Gasteiger partial charge in [0.15, 0.2) is 0 Å². The summed E-state index contributed by atoms with van der Waals surface area (Å²) in [5.41, 5.74) is 1.48. The lowest BCUT2D eigenvalue weighted by molar-refractivity contribution is -0.125. The van der Waals surface area contributed by atoms with E-state index in [4.69, 9.17) is 0 Å². The van der Waals surface area contributed by atoms with Crippen LogP contribution in [0.5, 0.6) is 0 Å². The first-order valence-corrected chi connectivity index (χ1v) is 6.67. The van der Waals surface area contributed by atoms with Crippen molar-refractivity contribution < 1.29 is 4.79 Å². The van der Waals surface area contributed by atoms with E-state index in [0.717, 1.165) is 51.7 Å². The molecule has 2 aliphatic rings. The van der Waals surface area contributed by atoms with Gasteiger partial charge in [0, 0.05) is 19.0 Å². The Hall–Kier alpha value is -1.09. The van der Waals surface area contributed by atoms with Gasteiger partial charge in [0.05, 0.1) is 0 Å². The smallest absolute Gasteiger partial charge is 0.223 e. The minimum absolute atomic E-state index is 0.210. The zero-order valence-corrected chi connectivity index (χ0v) is 10.4. The molecule has 0 bridgehead atoms. The Morgan fingerprint density at radius 1 is 1.47 bits per heavy atom. The highest BCUT2D eigenvalue weighted by Gasteiger charge is 2.17. The topological polar surface area (TPSA) is 41.1 Å². The molecule has 1 atom stereocenters. The van der Waals surface area contributed by atoms with Gasteiger partial charge in [-0.05, 0) is 38.6 Å². The van der Waals surface area contributed by atoms with Crippen LogP contribution in [0.25, 0.3) is 0 Å². The molecule has 1 aliphatic carbocycles. The summed E-state index contributed by atoms with van der Waals surface area (Å²) in [6.45, 7) is 2.86. The van der Waals surface area contributed by atoms with E-state index >= 15 is 0 Å². The van der Waals surface area contributed by atoms with E-state index in [2.05, 4.69) is 28.9 Å². The van der Waals surface area contributed by atoms with Crippen molar-refractivity contribution in [2.45, 2.75) is 32.1 Å². The Morgan fingerprint density at radius 2 is 2.41 bits per heavy atom. The number of rotatable bonds is 4. The van der Waals surface area contributed by atoms with Crippen molar-refractivity contribution in [3.8, 4) is 0 Å². The highest BCUT2D eigenvalue weighted by Crippen LogP contribution is 2.18. The van der Waals surface area contributed by atoms with E-state index in [-0.39, 0.29) is 11.8 Å².